The topological polar surface area (TPSA) is 55.1 Å². The average molecular weight is 248 g/mol. The molecule has 0 heterocycles. The molecule has 1 amide bonds. The Balaban J connectivity index is 2.62. The standard InChI is InChI=1S/C15H24N2O/c1-11(14(18)17-10-15(2,3)4)13-7-5-12(9-16)6-8-13/h5-8,11H,9-10,16H2,1-4H3,(H,17,18). The summed E-state index contributed by atoms with van der Waals surface area (Å²) in [5, 5.41) is 2.99. The van der Waals surface area contributed by atoms with Crippen molar-refractivity contribution in [3.8, 4) is 0 Å². The maximum Gasteiger partial charge on any atom is 0.227 e. The van der Waals surface area contributed by atoms with Crippen LogP contribution in [0.1, 0.15) is 44.7 Å². The van der Waals surface area contributed by atoms with Crippen LogP contribution in [-0.2, 0) is 11.3 Å². The number of nitrogens with two attached hydrogens (primary N) is 1. The molecule has 1 aromatic rings. The second-order valence-electron chi connectivity index (χ2n) is 5.95. The molecule has 0 saturated carbocycles. The van der Waals surface area contributed by atoms with Gasteiger partial charge in [-0.15, -0.1) is 0 Å². The summed E-state index contributed by atoms with van der Waals surface area (Å²) in [6.07, 6.45) is 0. The van der Waals surface area contributed by atoms with E-state index in [9.17, 15) is 4.79 Å². The number of rotatable bonds is 4. The van der Waals surface area contributed by atoms with E-state index in [-0.39, 0.29) is 17.2 Å². The Bertz CT molecular complexity index is 390. The van der Waals surface area contributed by atoms with Gasteiger partial charge in [0, 0.05) is 13.1 Å². The van der Waals surface area contributed by atoms with Crippen LogP contribution < -0.4 is 11.1 Å². The lowest BCUT2D eigenvalue weighted by Gasteiger charge is -2.20. The van der Waals surface area contributed by atoms with Gasteiger partial charge < -0.3 is 11.1 Å². The zero-order valence-electron chi connectivity index (χ0n) is 11.8. The first-order valence-corrected chi connectivity index (χ1v) is 6.40. The summed E-state index contributed by atoms with van der Waals surface area (Å²) >= 11 is 0. The zero-order valence-corrected chi connectivity index (χ0v) is 11.8. The van der Waals surface area contributed by atoms with Gasteiger partial charge in [-0.2, -0.15) is 0 Å². The molecule has 100 valence electrons. The molecular formula is C15H24N2O. The largest absolute Gasteiger partial charge is 0.355 e. The van der Waals surface area contributed by atoms with Crippen molar-refractivity contribution in [3.05, 3.63) is 35.4 Å². The van der Waals surface area contributed by atoms with E-state index in [1.807, 2.05) is 31.2 Å². The van der Waals surface area contributed by atoms with E-state index < -0.39 is 0 Å². The molecule has 3 heteroatoms. The predicted molar refractivity (Wildman–Crippen MR) is 75.2 cm³/mol. The lowest BCUT2D eigenvalue weighted by Crippen LogP contribution is -2.34. The van der Waals surface area contributed by atoms with Gasteiger partial charge in [0.2, 0.25) is 5.91 Å². The third-order valence-corrected chi connectivity index (χ3v) is 2.90. The smallest absolute Gasteiger partial charge is 0.227 e. The van der Waals surface area contributed by atoms with E-state index in [0.717, 1.165) is 11.1 Å². The van der Waals surface area contributed by atoms with Crippen LogP contribution in [0.15, 0.2) is 24.3 Å². The second kappa shape index (κ2) is 6.01. The summed E-state index contributed by atoms with van der Waals surface area (Å²) < 4.78 is 0. The summed E-state index contributed by atoms with van der Waals surface area (Å²) in [7, 11) is 0. The number of benzene rings is 1. The van der Waals surface area contributed by atoms with E-state index in [1.165, 1.54) is 0 Å². The minimum atomic E-state index is -0.126. The van der Waals surface area contributed by atoms with Crippen LogP contribution in [0.3, 0.4) is 0 Å². The molecule has 18 heavy (non-hydrogen) atoms. The highest BCUT2D eigenvalue weighted by Gasteiger charge is 2.17. The van der Waals surface area contributed by atoms with Gasteiger partial charge in [0.15, 0.2) is 0 Å². The first-order chi connectivity index (χ1) is 8.33. The van der Waals surface area contributed by atoms with E-state index in [1.54, 1.807) is 0 Å². The highest BCUT2D eigenvalue weighted by molar-refractivity contribution is 5.83. The normalized spacial score (nSPS) is 13.2. The highest BCUT2D eigenvalue weighted by atomic mass is 16.1. The van der Waals surface area contributed by atoms with Crippen molar-refractivity contribution in [1.29, 1.82) is 0 Å². The molecule has 0 spiro atoms. The lowest BCUT2D eigenvalue weighted by molar-refractivity contribution is -0.122. The first kappa shape index (κ1) is 14.7. The van der Waals surface area contributed by atoms with Gasteiger partial charge in [0.1, 0.15) is 0 Å². The van der Waals surface area contributed by atoms with Crippen molar-refractivity contribution in [3.63, 3.8) is 0 Å². The number of amides is 1. The van der Waals surface area contributed by atoms with Crippen LogP contribution in [0.5, 0.6) is 0 Å². The number of hydrogen-bond donors (Lipinski definition) is 2. The fraction of sp³-hybridized carbons (Fsp3) is 0.533. The lowest BCUT2D eigenvalue weighted by atomic mass is 9.95. The first-order valence-electron chi connectivity index (χ1n) is 6.40. The van der Waals surface area contributed by atoms with E-state index in [4.69, 9.17) is 5.73 Å². The predicted octanol–water partition coefficient (Wildman–Crippen LogP) is 2.41. The van der Waals surface area contributed by atoms with Gasteiger partial charge in [-0.3, -0.25) is 4.79 Å². The summed E-state index contributed by atoms with van der Waals surface area (Å²) in [4.78, 5) is 12.0. The van der Waals surface area contributed by atoms with Crippen molar-refractivity contribution in [2.75, 3.05) is 6.54 Å². The van der Waals surface area contributed by atoms with Gasteiger partial charge in [-0.1, -0.05) is 45.0 Å². The van der Waals surface area contributed by atoms with Crippen molar-refractivity contribution >= 4 is 5.91 Å². The summed E-state index contributed by atoms with van der Waals surface area (Å²) in [6.45, 7) is 9.47. The molecule has 0 fully saturated rings. The van der Waals surface area contributed by atoms with Crippen molar-refractivity contribution in [2.45, 2.75) is 40.2 Å². The van der Waals surface area contributed by atoms with E-state index in [2.05, 4.69) is 26.1 Å². The molecule has 1 aromatic carbocycles. The fourth-order valence-electron chi connectivity index (χ4n) is 1.60. The Hall–Kier alpha value is -1.35. The molecule has 3 N–H and O–H groups in total. The molecule has 0 saturated heterocycles. The molecule has 0 radical (unpaired) electrons. The third kappa shape index (κ3) is 4.49. The van der Waals surface area contributed by atoms with Gasteiger partial charge in [-0.25, -0.2) is 0 Å². The number of carbonyl (C=O) groups is 1. The molecule has 0 aromatic heterocycles. The summed E-state index contributed by atoms with van der Waals surface area (Å²) in [5.74, 6) is -0.0513. The Kier molecular flexibility index (Phi) is 4.91. The molecular weight excluding hydrogens is 224 g/mol. The Labute approximate surface area is 110 Å². The van der Waals surface area contributed by atoms with Crippen molar-refractivity contribution < 1.29 is 4.79 Å². The SMILES string of the molecule is CC(C(=O)NCC(C)(C)C)c1ccc(CN)cc1. The van der Waals surface area contributed by atoms with Crippen LogP contribution in [0.4, 0.5) is 0 Å². The molecule has 0 aliphatic heterocycles. The zero-order chi connectivity index (χ0) is 13.8. The number of nitrogens with one attached hydrogen (secondary N) is 1. The maximum absolute atomic E-state index is 12.0. The van der Waals surface area contributed by atoms with Gasteiger partial charge >= 0.3 is 0 Å². The third-order valence-electron chi connectivity index (χ3n) is 2.90. The second-order valence-corrected chi connectivity index (χ2v) is 5.95. The van der Waals surface area contributed by atoms with Crippen LogP contribution >= 0.6 is 0 Å². The Morgan fingerprint density at radius 3 is 2.28 bits per heavy atom. The van der Waals surface area contributed by atoms with Gasteiger partial charge in [0.25, 0.3) is 0 Å². The van der Waals surface area contributed by atoms with Crippen molar-refractivity contribution in [1.82, 2.24) is 5.32 Å². The van der Waals surface area contributed by atoms with E-state index in [0.29, 0.717) is 13.1 Å². The Morgan fingerprint density at radius 2 is 1.83 bits per heavy atom. The molecule has 3 nitrogen and oxygen atoms in total. The van der Waals surface area contributed by atoms with E-state index >= 15 is 0 Å². The molecule has 0 aliphatic rings. The number of carbonyl (C=O) groups excluding carboxylic acids is 1. The minimum Gasteiger partial charge on any atom is -0.355 e. The quantitative estimate of drug-likeness (QED) is 0.859. The molecule has 1 rings (SSSR count). The average Bonchev–Trinajstić information content (AvgIpc) is 2.34. The van der Waals surface area contributed by atoms with Crippen LogP contribution in [-0.4, -0.2) is 12.5 Å². The van der Waals surface area contributed by atoms with Crippen molar-refractivity contribution in [2.24, 2.45) is 11.1 Å². The number of hydrogen-bond acceptors (Lipinski definition) is 2. The molecule has 0 aliphatic carbocycles. The molecule has 1 unspecified atom stereocenters. The fourth-order valence-corrected chi connectivity index (χ4v) is 1.60. The summed E-state index contributed by atoms with van der Waals surface area (Å²) in [6, 6.07) is 7.90. The molecule has 0 bridgehead atoms. The van der Waals surface area contributed by atoms with Crippen LogP contribution in [0.25, 0.3) is 0 Å². The van der Waals surface area contributed by atoms with Gasteiger partial charge in [0.05, 0.1) is 5.92 Å². The van der Waals surface area contributed by atoms with Crippen LogP contribution in [0.2, 0.25) is 0 Å². The monoisotopic (exact) mass is 248 g/mol. The maximum atomic E-state index is 12.0. The Morgan fingerprint density at radius 1 is 1.28 bits per heavy atom. The minimum absolute atomic E-state index is 0.0745. The summed E-state index contributed by atoms with van der Waals surface area (Å²) in [5.41, 5.74) is 7.77. The highest BCUT2D eigenvalue weighted by Crippen LogP contribution is 2.17. The molecule has 1 atom stereocenters. The van der Waals surface area contributed by atoms with Crippen LogP contribution in [0, 0.1) is 5.41 Å². The van der Waals surface area contributed by atoms with Gasteiger partial charge in [-0.05, 0) is 23.5 Å².